The van der Waals surface area contributed by atoms with Crippen molar-refractivity contribution < 1.29 is 14.7 Å². The van der Waals surface area contributed by atoms with E-state index in [9.17, 15) is 4.79 Å². The molecule has 0 radical (unpaired) electrons. The zero-order valence-electron chi connectivity index (χ0n) is 17.3. The fourth-order valence-electron chi connectivity index (χ4n) is 2.52. The van der Waals surface area contributed by atoms with Crippen LogP contribution in [-0.2, 0) is 16.0 Å². The van der Waals surface area contributed by atoms with Gasteiger partial charge >= 0.3 is 0 Å². The quantitative estimate of drug-likeness (QED) is 0.533. The second-order valence-corrected chi connectivity index (χ2v) is 7.84. The molecule has 3 aromatic rings. The summed E-state index contributed by atoms with van der Waals surface area (Å²) in [6.45, 7) is 5.37. The Morgan fingerprint density at radius 3 is 2.43 bits per heavy atom. The van der Waals surface area contributed by atoms with Crippen LogP contribution in [-0.4, -0.2) is 22.0 Å². The van der Waals surface area contributed by atoms with Crippen molar-refractivity contribution in [3.63, 3.8) is 0 Å². The molecular formula is C24H26N2O3S. The highest BCUT2D eigenvalue weighted by Gasteiger charge is 2.05. The monoisotopic (exact) mass is 422 g/mol. The minimum atomic E-state index is -0.833. The number of aromatic nitrogens is 1. The Morgan fingerprint density at radius 1 is 1.10 bits per heavy atom. The summed E-state index contributed by atoms with van der Waals surface area (Å²) < 4.78 is 0. The van der Waals surface area contributed by atoms with Crippen molar-refractivity contribution in [3.8, 4) is 0 Å². The molecule has 0 aliphatic heterocycles. The number of benzene rings is 2. The standard InChI is InChI=1S/C22H22N2OS.C2H4O2/c1-16(2)20-15-26-22(24-20)12-11-18-9-6-10-19(13-18)23-21(25)14-17-7-4-3-5-8-17;1-2(3)4/h3-13,15-16H,14H2,1-2H3,(H,23,25);1H3,(H,3,4)/b12-11+;. The predicted octanol–water partition coefficient (Wildman–Crippen LogP) is 5.71. The van der Waals surface area contributed by atoms with Crippen LogP contribution in [0.25, 0.3) is 12.2 Å². The Hall–Kier alpha value is -3.25. The van der Waals surface area contributed by atoms with Gasteiger partial charge in [-0.15, -0.1) is 11.3 Å². The molecule has 0 aliphatic rings. The third kappa shape index (κ3) is 8.41. The predicted molar refractivity (Wildman–Crippen MR) is 124 cm³/mol. The number of rotatable bonds is 6. The number of anilines is 1. The summed E-state index contributed by atoms with van der Waals surface area (Å²) >= 11 is 1.65. The molecule has 0 saturated heterocycles. The number of carbonyl (C=O) groups excluding carboxylic acids is 1. The molecule has 1 amide bonds. The highest BCUT2D eigenvalue weighted by atomic mass is 32.1. The van der Waals surface area contributed by atoms with E-state index in [4.69, 9.17) is 9.90 Å². The number of hydrogen-bond acceptors (Lipinski definition) is 4. The molecule has 156 valence electrons. The first-order valence-electron chi connectivity index (χ1n) is 9.60. The van der Waals surface area contributed by atoms with Crippen LogP contribution in [0, 0.1) is 0 Å². The van der Waals surface area contributed by atoms with E-state index in [1.807, 2.05) is 66.7 Å². The summed E-state index contributed by atoms with van der Waals surface area (Å²) in [6.07, 6.45) is 4.41. The van der Waals surface area contributed by atoms with Gasteiger partial charge in [0.25, 0.3) is 5.97 Å². The molecule has 0 bridgehead atoms. The molecule has 0 fully saturated rings. The zero-order chi connectivity index (χ0) is 21.9. The van der Waals surface area contributed by atoms with E-state index in [1.54, 1.807) is 11.3 Å². The lowest BCUT2D eigenvalue weighted by molar-refractivity contribution is -0.134. The molecule has 5 nitrogen and oxygen atoms in total. The van der Waals surface area contributed by atoms with Gasteiger partial charge in [0.1, 0.15) is 5.01 Å². The topological polar surface area (TPSA) is 79.3 Å². The van der Waals surface area contributed by atoms with Crippen LogP contribution in [0.3, 0.4) is 0 Å². The minimum Gasteiger partial charge on any atom is -0.481 e. The van der Waals surface area contributed by atoms with Crippen molar-refractivity contribution in [2.45, 2.75) is 33.1 Å². The zero-order valence-corrected chi connectivity index (χ0v) is 18.1. The Balaban J connectivity index is 0.000000735. The fourth-order valence-corrected chi connectivity index (χ4v) is 3.39. The molecule has 1 heterocycles. The summed E-state index contributed by atoms with van der Waals surface area (Å²) in [6, 6.07) is 17.6. The first-order valence-corrected chi connectivity index (χ1v) is 10.5. The van der Waals surface area contributed by atoms with Gasteiger partial charge < -0.3 is 10.4 Å². The third-order valence-corrected chi connectivity index (χ3v) is 4.76. The van der Waals surface area contributed by atoms with E-state index in [1.165, 1.54) is 0 Å². The van der Waals surface area contributed by atoms with E-state index < -0.39 is 5.97 Å². The first kappa shape index (κ1) is 23.0. The van der Waals surface area contributed by atoms with Gasteiger partial charge in [-0.25, -0.2) is 4.98 Å². The number of carboxylic acids is 1. The lowest BCUT2D eigenvalue weighted by Crippen LogP contribution is -2.14. The van der Waals surface area contributed by atoms with Crippen molar-refractivity contribution in [1.29, 1.82) is 0 Å². The average molecular weight is 423 g/mol. The fraction of sp³-hybridized carbons (Fsp3) is 0.208. The first-order chi connectivity index (χ1) is 14.3. The lowest BCUT2D eigenvalue weighted by atomic mass is 10.1. The van der Waals surface area contributed by atoms with Crippen molar-refractivity contribution in [1.82, 2.24) is 4.98 Å². The maximum atomic E-state index is 12.2. The number of carboxylic acid groups (broad SMARTS) is 1. The maximum absolute atomic E-state index is 12.2. The van der Waals surface area contributed by atoms with Crippen molar-refractivity contribution in [2.75, 3.05) is 5.32 Å². The van der Waals surface area contributed by atoms with Crippen LogP contribution in [0.1, 0.15) is 48.5 Å². The highest BCUT2D eigenvalue weighted by molar-refractivity contribution is 7.10. The molecule has 1 aromatic heterocycles. The second kappa shape index (κ2) is 11.7. The van der Waals surface area contributed by atoms with Gasteiger partial charge in [-0.3, -0.25) is 9.59 Å². The van der Waals surface area contributed by atoms with Crippen molar-refractivity contribution in [3.05, 3.63) is 81.8 Å². The highest BCUT2D eigenvalue weighted by Crippen LogP contribution is 2.20. The van der Waals surface area contributed by atoms with Gasteiger partial charge in [0.05, 0.1) is 12.1 Å². The summed E-state index contributed by atoms with van der Waals surface area (Å²) in [5, 5.41) is 13.5. The van der Waals surface area contributed by atoms with Gasteiger partial charge in [0.15, 0.2) is 0 Å². The van der Waals surface area contributed by atoms with Gasteiger partial charge in [-0.2, -0.15) is 0 Å². The summed E-state index contributed by atoms with van der Waals surface area (Å²) in [4.78, 5) is 25.8. The Morgan fingerprint density at radius 2 is 1.80 bits per heavy atom. The SMILES string of the molecule is CC(=O)O.CC(C)c1csc(/C=C/c2cccc(NC(=O)Cc3ccccc3)c2)n1. The summed E-state index contributed by atoms with van der Waals surface area (Å²) in [5.74, 6) is -0.407. The Bertz CT molecular complexity index is 990. The summed E-state index contributed by atoms with van der Waals surface area (Å²) in [5.41, 5.74) is 3.96. The number of nitrogens with one attached hydrogen (secondary N) is 1. The van der Waals surface area contributed by atoms with Crippen molar-refractivity contribution in [2.24, 2.45) is 0 Å². The van der Waals surface area contributed by atoms with E-state index >= 15 is 0 Å². The molecule has 0 aliphatic carbocycles. The van der Waals surface area contributed by atoms with Gasteiger partial charge in [-0.1, -0.05) is 62.4 Å². The Labute approximate surface area is 181 Å². The van der Waals surface area contributed by atoms with E-state index in [2.05, 4.69) is 29.5 Å². The van der Waals surface area contributed by atoms with Gasteiger partial charge in [0.2, 0.25) is 5.91 Å². The van der Waals surface area contributed by atoms with Crippen LogP contribution in [0.15, 0.2) is 60.0 Å². The van der Waals surface area contributed by atoms with Crippen molar-refractivity contribution >= 4 is 41.1 Å². The van der Waals surface area contributed by atoms with Gasteiger partial charge in [-0.05, 0) is 35.3 Å². The molecule has 30 heavy (non-hydrogen) atoms. The normalized spacial score (nSPS) is 10.5. The molecular weight excluding hydrogens is 396 g/mol. The second-order valence-electron chi connectivity index (χ2n) is 6.95. The number of nitrogens with zero attached hydrogens (tertiary/aromatic N) is 1. The number of thiazole rings is 1. The molecule has 0 atom stereocenters. The molecule has 2 N–H and O–H groups in total. The van der Waals surface area contributed by atoms with Crippen LogP contribution in [0.5, 0.6) is 0 Å². The Kier molecular flexibility index (Phi) is 8.97. The van der Waals surface area contributed by atoms with Crippen LogP contribution in [0.2, 0.25) is 0 Å². The largest absolute Gasteiger partial charge is 0.481 e. The number of carbonyl (C=O) groups is 2. The van der Waals surface area contributed by atoms with E-state index in [-0.39, 0.29) is 5.91 Å². The van der Waals surface area contributed by atoms with Crippen LogP contribution >= 0.6 is 11.3 Å². The van der Waals surface area contributed by atoms with Gasteiger partial charge in [0, 0.05) is 18.0 Å². The number of amides is 1. The van der Waals surface area contributed by atoms with Crippen LogP contribution < -0.4 is 5.32 Å². The number of hydrogen-bond donors (Lipinski definition) is 2. The molecule has 0 saturated carbocycles. The molecule has 0 spiro atoms. The molecule has 3 rings (SSSR count). The number of aliphatic carboxylic acids is 1. The average Bonchev–Trinajstić information content (AvgIpc) is 3.16. The van der Waals surface area contributed by atoms with E-state index in [0.717, 1.165) is 34.4 Å². The minimum absolute atomic E-state index is 0.0150. The molecule has 2 aromatic carbocycles. The maximum Gasteiger partial charge on any atom is 0.300 e. The molecule has 6 heteroatoms. The van der Waals surface area contributed by atoms with Crippen LogP contribution in [0.4, 0.5) is 5.69 Å². The van der Waals surface area contributed by atoms with E-state index in [0.29, 0.717) is 12.3 Å². The third-order valence-electron chi connectivity index (χ3n) is 3.93. The lowest BCUT2D eigenvalue weighted by Gasteiger charge is -2.06. The summed E-state index contributed by atoms with van der Waals surface area (Å²) in [7, 11) is 0. The smallest absolute Gasteiger partial charge is 0.300 e. The molecule has 0 unspecified atom stereocenters.